The molecule has 0 aliphatic carbocycles. The van der Waals surface area contributed by atoms with E-state index in [9.17, 15) is 8.42 Å². The molecule has 0 saturated carbocycles. The van der Waals surface area contributed by atoms with E-state index in [4.69, 9.17) is 4.74 Å². The Bertz CT molecular complexity index is 1060. The van der Waals surface area contributed by atoms with Crippen molar-refractivity contribution < 1.29 is 13.2 Å². The quantitative estimate of drug-likeness (QED) is 0.561. The average Bonchev–Trinajstić information content (AvgIpc) is 3.10. The molecule has 0 saturated heterocycles. The highest BCUT2D eigenvalue weighted by Crippen LogP contribution is 2.24. The van der Waals surface area contributed by atoms with Crippen LogP contribution in [0.4, 0.5) is 5.82 Å². The molecule has 0 bridgehead atoms. The van der Waals surface area contributed by atoms with Gasteiger partial charge in [-0.2, -0.15) is 5.10 Å². The molecule has 0 radical (unpaired) electrons. The predicted molar refractivity (Wildman–Crippen MR) is 107 cm³/mol. The Morgan fingerprint density at radius 1 is 1.21 bits per heavy atom. The van der Waals surface area contributed by atoms with Crippen molar-refractivity contribution in [1.82, 2.24) is 24.5 Å². The number of nitrogens with one attached hydrogen (secondary N) is 2. The van der Waals surface area contributed by atoms with E-state index in [1.807, 2.05) is 6.92 Å². The van der Waals surface area contributed by atoms with Crippen molar-refractivity contribution in [2.45, 2.75) is 31.7 Å². The number of anilines is 1. The van der Waals surface area contributed by atoms with E-state index >= 15 is 0 Å². The highest BCUT2D eigenvalue weighted by atomic mass is 32.2. The van der Waals surface area contributed by atoms with Gasteiger partial charge >= 0.3 is 0 Å². The van der Waals surface area contributed by atoms with Gasteiger partial charge in [0, 0.05) is 13.1 Å². The summed E-state index contributed by atoms with van der Waals surface area (Å²) in [6, 6.07) is 5.04. The first-order chi connectivity index (χ1) is 13.5. The minimum atomic E-state index is -3.71. The number of nitrogens with zero attached hydrogens (tertiary/aromatic N) is 4. The summed E-state index contributed by atoms with van der Waals surface area (Å²) in [6.07, 6.45) is 4.13. The number of aromatic nitrogens is 4. The van der Waals surface area contributed by atoms with E-state index in [-0.39, 0.29) is 11.4 Å². The Balaban J connectivity index is 1.74. The Labute approximate surface area is 164 Å². The van der Waals surface area contributed by atoms with Crippen LogP contribution in [0.15, 0.2) is 35.6 Å². The zero-order chi connectivity index (χ0) is 20.1. The fourth-order valence-electron chi connectivity index (χ4n) is 2.80. The highest BCUT2D eigenvalue weighted by molar-refractivity contribution is 7.89. The number of fused-ring (bicyclic) bond motifs is 1. The van der Waals surface area contributed by atoms with Crippen molar-refractivity contribution in [3.63, 3.8) is 0 Å². The van der Waals surface area contributed by atoms with Crippen LogP contribution < -0.4 is 14.8 Å². The summed E-state index contributed by atoms with van der Waals surface area (Å²) in [5.74, 6) is 1.03. The van der Waals surface area contributed by atoms with Crippen molar-refractivity contribution >= 4 is 26.9 Å². The van der Waals surface area contributed by atoms with Gasteiger partial charge in [-0.15, -0.1) is 0 Å². The Morgan fingerprint density at radius 2 is 2.04 bits per heavy atom. The van der Waals surface area contributed by atoms with Gasteiger partial charge in [-0.25, -0.2) is 27.8 Å². The Morgan fingerprint density at radius 3 is 2.79 bits per heavy atom. The zero-order valence-corrected chi connectivity index (χ0v) is 17.0. The third kappa shape index (κ3) is 4.23. The van der Waals surface area contributed by atoms with Gasteiger partial charge in [-0.1, -0.05) is 13.0 Å². The molecule has 3 aromatic rings. The molecular formula is C18H24N6O3S. The number of methoxy groups -OCH3 is 1. The van der Waals surface area contributed by atoms with E-state index < -0.39 is 10.0 Å². The maximum atomic E-state index is 12.7. The third-order valence-corrected chi connectivity index (χ3v) is 5.68. The van der Waals surface area contributed by atoms with Gasteiger partial charge in [-0.3, -0.25) is 0 Å². The molecule has 0 aliphatic rings. The average molecular weight is 404 g/mol. The molecule has 0 spiro atoms. The highest BCUT2D eigenvalue weighted by Gasteiger charge is 2.19. The smallest absolute Gasteiger partial charge is 0.244 e. The number of hydrogen-bond acceptors (Lipinski definition) is 7. The van der Waals surface area contributed by atoms with Crippen molar-refractivity contribution in [3.8, 4) is 5.75 Å². The van der Waals surface area contributed by atoms with E-state index in [0.717, 1.165) is 29.7 Å². The number of aryl methyl sites for hydroxylation is 1. The lowest BCUT2D eigenvalue weighted by molar-refractivity contribution is 0.402. The van der Waals surface area contributed by atoms with Crippen LogP contribution in [-0.4, -0.2) is 48.4 Å². The number of sulfonamides is 1. The lowest BCUT2D eigenvalue weighted by Gasteiger charge is -2.11. The summed E-state index contributed by atoms with van der Waals surface area (Å²) >= 11 is 0. The molecule has 28 heavy (non-hydrogen) atoms. The molecule has 0 fully saturated rings. The second-order valence-corrected chi connectivity index (χ2v) is 8.04. The zero-order valence-electron chi connectivity index (χ0n) is 16.1. The van der Waals surface area contributed by atoms with E-state index in [1.165, 1.54) is 13.4 Å². The Hall–Kier alpha value is -2.72. The second kappa shape index (κ2) is 8.53. The number of hydrogen-bond donors (Lipinski definition) is 2. The summed E-state index contributed by atoms with van der Waals surface area (Å²) in [7, 11) is -2.27. The normalized spacial score (nSPS) is 11.7. The van der Waals surface area contributed by atoms with Crippen LogP contribution >= 0.6 is 0 Å². The second-order valence-electron chi connectivity index (χ2n) is 6.31. The SMILES string of the molecule is CCCNc1ncnc2c1cnn2CCNS(=O)(=O)c1cc(C)ccc1OC. The summed E-state index contributed by atoms with van der Waals surface area (Å²) in [5, 5.41) is 8.36. The lowest BCUT2D eigenvalue weighted by Crippen LogP contribution is -2.28. The van der Waals surface area contributed by atoms with Crippen LogP contribution in [0.3, 0.4) is 0 Å². The standard InChI is InChI=1S/C18H24N6O3S/c1-4-7-19-17-14-11-22-24(18(14)21-12-20-17)9-8-23-28(25,26)16-10-13(2)5-6-15(16)27-3/h5-6,10-12,23H,4,7-9H2,1-3H3,(H,19,20,21). The van der Waals surface area contributed by atoms with Crippen LogP contribution in [0.2, 0.25) is 0 Å². The van der Waals surface area contributed by atoms with Gasteiger partial charge in [0.25, 0.3) is 0 Å². The van der Waals surface area contributed by atoms with E-state index in [0.29, 0.717) is 17.9 Å². The number of ether oxygens (including phenoxy) is 1. The Kier molecular flexibility index (Phi) is 6.10. The molecule has 0 aliphatic heterocycles. The largest absolute Gasteiger partial charge is 0.495 e. The van der Waals surface area contributed by atoms with Crippen molar-refractivity contribution in [1.29, 1.82) is 0 Å². The van der Waals surface area contributed by atoms with Crippen molar-refractivity contribution in [3.05, 3.63) is 36.3 Å². The molecule has 10 heteroatoms. The first kappa shape index (κ1) is 20.0. The fraction of sp³-hybridized carbons (Fsp3) is 0.389. The van der Waals surface area contributed by atoms with E-state index in [1.54, 1.807) is 29.1 Å². The van der Waals surface area contributed by atoms with Crippen LogP contribution in [0.1, 0.15) is 18.9 Å². The predicted octanol–water partition coefficient (Wildman–Crippen LogP) is 1.94. The van der Waals surface area contributed by atoms with Gasteiger partial charge in [0.2, 0.25) is 10.0 Å². The van der Waals surface area contributed by atoms with Gasteiger partial charge < -0.3 is 10.1 Å². The third-order valence-electron chi connectivity index (χ3n) is 4.20. The monoisotopic (exact) mass is 404 g/mol. The van der Waals surface area contributed by atoms with E-state index in [2.05, 4.69) is 32.0 Å². The first-order valence-electron chi connectivity index (χ1n) is 9.01. The molecule has 0 amide bonds. The van der Waals surface area contributed by atoms with Crippen LogP contribution in [0, 0.1) is 6.92 Å². The fourth-order valence-corrected chi connectivity index (χ4v) is 4.07. The number of rotatable bonds is 9. The first-order valence-corrected chi connectivity index (χ1v) is 10.5. The maximum Gasteiger partial charge on any atom is 0.244 e. The molecule has 0 unspecified atom stereocenters. The molecular weight excluding hydrogens is 380 g/mol. The van der Waals surface area contributed by atoms with Gasteiger partial charge in [0.1, 0.15) is 22.8 Å². The van der Waals surface area contributed by atoms with Crippen molar-refractivity contribution in [2.75, 3.05) is 25.5 Å². The van der Waals surface area contributed by atoms with Gasteiger partial charge in [0.15, 0.2) is 5.65 Å². The van der Waals surface area contributed by atoms with Crippen LogP contribution in [-0.2, 0) is 16.6 Å². The molecule has 1 aromatic carbocycles. The summed E-state index contributed by atoms with van der Waals surface area (Å²) < 4.78 is 34.8. The van der Waals surface area contributed by atoms with Gasteiger partial charge in [0.05, 0.1) is 25.2 Å². The van der Waals surface area contributed by atoms with Crippen molar-refractivity contribution in [2.24, 2.45) is 0 Å². The molecule has 2 N–H and O–H groups in total. The number of benzene rings is 1. The minimum Gasteiger partial charge on any atom is -0.495 e. The topological polar surface area (TPSA) is 111 Å². The molecule has 3 rings (SSSR count). The summed E-state index contributed by atoms with van der Waals surface area (Å²) in [4.78, 5) is 8.64. The molecule has 9 nitrogen and oxygen atoms in total. The lowest BCUT2D eigenvalue weighted by atomic mass is 10.2. The molecule has 150 valence electrons. The molecule has 0 atom stereocenters. The summed E-state index contributed by atoms with van der Waals surface area (Å²) in [5.41, 5.74) is 1.49. The summed E-state index contributed by atoms with van der Waals surface area (Å²) in [6.45, 7) is 5.21. The molecule has 2 heterocycles. The van der Waals surface area contributed by atoms with Crippen LogP contribution in [0.5, 0.6) is 5.75 Å². The van der Waals surface area contributed by atoms with Gasteiger partial charge in [-0.05, 0) is 31.0 Å². The minimum absolute atomic E-state index is 0.119. The van der Waals surface area contributed by atoms with Crippen LogP contribution in [0.25, 0.3) is 11.0 Å². The molecule has 2 aromatic heterocycles. The maximum absolute atomic E-state index is 12.7.